The van der Waals surface area contributed by atoms with Gasteiger partial charge in [0.05, 0.1) is 5.84 Å². The van der Waals surface area contributed by atoms with Crippen LogP contribution in [0.1, 0.15) is 25.8 Å². The molecule has 0 atom stereocenters. The fourth-order valence-electron chi connectivity index (χ4n) is 1.81. The van der Waals surface area contributed by atoms with Crippen molar-refractivity contribution in [2.75, 3.05) is 18.4 Å². The van der Waals surface area contributed by atoms with Crippen molar-refractivity contribution in [3.63, 3.8) is 0 Å². The van der Waals surface area contributed by atoms with E-state index in [1.54, 1.807) is 4.90 Å². The van der Waals surface area contributed by atoms with E-state index in [4.69, 9.17) is 11.1 Å². The first-order chi connectivity index (χ1) is 9.38. The van der Waals surface area contributed by atoms with Crippen LogP contribution in [0.2, 0.25) is 0 Å². The molecule has 1 rings (SSSR count). The predicted octanol–water partition coefficient (Wildman–Crippen LogP) is 2.81. The van der Waals surface area contributed by atoms with Gasteiger partial charge in [-0.05, 0) is 25.0 Å². The van der Waals surface area contributed by atoms with Crippen molar-refractivity contribution >= 4 is 17.6 Å². The number of benzene rings is 1. The predicted molar refractivity (Wildman–Crippen MR) is 83.1 cm³/mol. The summed E-state index contributed by atoms with van der Waals surface area (Å²) in [5, 5.41) is 10.1. The number of nitrogens with two attached hydrogens (primary N) is 1. The second-order valence-electron chi connectivity index (χ2n) is 5.41. The van der Waals surface area contributed by atoms with Gasteiger partial charge in [-0.25, -0.2) is 4.79 Å². The molecule has 0 aliphatic heterocycles. The van der Waals surface area contributed by atoms with E-state index in [0.717, 1.165) is 11.3 Å². The zero-order valence-electron chi connectivity index (χ0n) is 12.4. The molecule has 0 spiro atoms. The highest BCUT2D eigenvalue weighted by Crippen LogP contribution is 2.10. The van der Waals surface area contributed by atoms with E-state index < -0.39 is 0 Å². The molecule has 0 saturated carbocycles. The van der Waals surface area contributed by atoms with Crippen molar-refractivity contribution in [3.8, 4) is 0 Å². The van der Waals surface area contributed by atoms with Gasteiger partial charge in [0.15, 0.2) is 0 Å². The smallest absolute Gasteiger partial charge is 0.321 e. The van der Waals surface area contributed by atoms with Crippen LogP contribution in [0.3, 0.4) is 0 Å². The molecule has 0 fully saturated rings. The minimum absolute atomic E-state index is 0.0990. The lowest BCUT2D eigenvalue weighted by Gasteiger charge is -2.24. The Kier molecular flexibility index (Phi) is 6.03. The van der Waals surface area contributed by atoms with Crippen LogP contribution in [0.5, 0.6) is 0 Å². The minimum Gasteiger partial charge on any atom is -0.388 e. The molecule has 0 heterocycles. The lowest BCUT2D eigenvalue weighted by molar-refractivity contribution is 0.206. The Hall–Kier alpha value is -2.04. The van der Waals surface area contributed by atoms with Gasteiger partial charge in [0, 0.05) is 25.2 Å². The number of amidine groups is 1. The zero-order valence-corrected chi connectivity index (χ0v) is 12.4. The van der Waals surface area contributed by atoms with Gasteiger partial charge in [-0.3, -0.25) is 5.41 Å². The standard InChI is InChI=1S/C15H24N4O/c1-11(2)10-19(9-8-14(16)17)15(20)18-13-6-4-12(3)5-7-13/h4-7,11H,8-10H2,1-3H3,(H3,16,17)(H,18,20). The van der Waals surface area contributed by atoms with E-state index in [9.17, 15) is 4.79 Å². The Labute approximate surface area is 120 Å². The van der Waals surface area contributed by atoms with Gasteiger partial charge in [-0.1, -0.05) is 31.5 Å². The minimum atomic E-state index is -0.149. The van der Waals surface area contributed by atoms with Crippen LogP contribution in [0.25, 0.3) is 0 Å². The number of carbonyl (C=O) groups excluding carboxylic acids is 1. The number of hydrogen-bond acceptors (Lipinski definition) is 2. The number of nitrogens with one attached hydrogen (secondary N) is 2. The van der Waals surface area contributed by atoms with Crippen LogP contribution in [0.15, 0.2) is 24.3 Å². The number of aryl methyl sites for hydroxylation is 1. The van der Waals surface area contributed by atoms with Crippen LogP contribution >= 0.6 is 0 Å². The number of urea groups is 1. The highest BCUT2D eigenvalue weighted by Gasteiger charge is 2.15. The van der Waals surface area contributed by atoms with Crippen molar-refractivity contribution in [1.82, 2.24) is 4.90 Å². The monoisotopic (exact) mass is 276 g/mol. The lowest BCUT2D eigenvalue weighted by atomic mass is 10.2. The third-order valence-corrected chi connectivity index (χ3v) is 2.83. The summed E-state index contributed by atoms with van der Waals surface area (Å²) in [6.07, 6.45) is 0.397. The summed E-state index contributed by atoms with van der Waals surface area (Å²) in [7, 11) is 0. The molecule has 4 N–H and O–H groups in total. The molecule has 1 aromatic rings. The number of rotatable bonds is 6. The van der Waals surface area contributed by atoms with Crippen molar-refractivity contribution in [1.29, 1.82) is 5.41 Å². The Bertz CT molecular complexity index is 453. The molecule has 0 saturated heterocycles. The molecule has 1 aromatic carbocycles. The number of hydrogen-bond donors (Lipinski definition) is 3. The van der Waals surface area contributed by atoms with Gasteiger partial charge >= 0.3 is 6.03 Å². The molecule has 0 aromatic heterocycles. The molecule has 5 nitrogen and oxygen atoms in total. The van der Waals surface area contributed by atoms with E-state index in [1.807, 2.05) is 31.2 Å². The Balaban J connectivity index is 2.66. The van der Waals surface area contributed by atoms with Crippen LogP contribution in [-0.2, 0) is 0 Å². The van der Waals surface area contributed by atoms with Gasteiger partial charge < -0.3 is 16.0 Å². The highest BCUT2D eigenvalue weighted by molar-refractivity contribution is 5.89. The summed E-state index contributed by atoms with van der Waals surface area (Å²) < 4.78 is 0. The average Bonchev–Trinajstić information content (AvgIpc) is 2.36. The van der Waals surface area contributed by atoms with Crippen molar-refractivity contribution in [2.24, 2.45) is 11.7 Å². The van der Waals surface area contributed by atoms with Crippen LogP contribution in [0, 0.1) is 18.3 Å². The molecule has 0 unspecified atom stereocenters. The van der Waals surface area contributed by atoms with Gasteiger partial charge in [-0.2, -0.15) is 0 Å². The average molecular weight is 276 g/mol. The van der Waals surface area contributed by atoms with Gasteiger partial charge in [0.1, 0.15) is 0 Å². The summed E-state index contributed by atoms with van der Waals surface area (Å²) in [6.45, 7) is 7.22. The molecule has 20 heavy (non-hydrogen) atoms. The third kappa shape index (κ3) is 5.73. The Morgan fingerprint density at radius 2 is 1.95 bits per heavy atom. The first-order valence-corrected chi connectivity index (χ1v) is 6.84. The first kappa shape index (κ1) is 16.0. The van der Waals surface area contributed by atoms with Crippen molar-refractivity contribution < 1.29 is 4.79 Å². The van der Waals surface area contributed by atoms with Gasteiger partial charge in [-0.15, -0.1) is 0 Å². The lowest BCUT2D eigenvalue weighted by Crippen LogP contribution is -2.39. The van der Waals surface area contributed by atoms with Crippen LogP contribution < -0.4 is 11.1 Å². The number of amides is 2. The maximum Gasteiger partial charge on any atom is 0.321 e. The normalized spacial score (nSPS) is 10.4. The molecular weight excluding hydrogens is 252 g/mol. The van der Waals surface area contributed by atoms with Gasteiger partial charge in [0.2, 0.25) is 0 Å². The first-order valence-electron chi connectivity index (χ1n) is 6.84. The zero-order chi connectivity index (χ0) is 15.1. The van der Waals surface area contributed by atoms with E-state index in [-0.39, 0.29) is 11.9 Å². The molecule has 2 amide bonds. The summed E-state index contributed by atoms with van der Waals surface area (Å²) in [6, 6.07) is 7.52. The van der Waals surface area contributed by atoms with Crippen molar-refractivity contribution in [3.05, 3.63) is 29.8 Å². The SMILES string of the molecule is Cc1ccc(NC(=O)N(CCC(=N)N)CC(C)C)cc1. The summed E-state index contributed by atoms with van der Waals surface area (Å²) in [5.41, 5.74) is 7.29. The molecule has 5 heteroatoms. The van der Waals surface area contributed by atoms with E-state index in [1.165, 1.54) is 0 Å². The van der Waals surface area contributed by atoms with E-state index in [0.29, 0.717) is 25.4 Å². The van der Waals surface area contributed by atoms with Crippen LogP contribution in [-0.4, -0.2) is 29.9 Å². The maximum absolute atomic E-state index is 12.2. The number of nitrogens with zero attached hydrogens (tertiary/aromatic N) is 1. The van der Waals surface area contributed by atoms with Crippen LogP contribution in [0.4, 0.5) is 10.5 Å². The molecule has 110 valence electrons. The Morgan fingerprint density at radius 3 is 2.45 bits per heavy atom. The Morgan fingerprint density at radius 1 is 1.35 bits per heavy atom. The second-order valence-corrected chi connectivity index (χ2v) is 5.41. The fraction of sp³-hybridized carbons (Fsp3) is 0.467. The second kappa shape index (κ2) is 7.53. The highest BCUT2D eigenvalue weighted by atomic mass is 16.2. The molecule has 0 bridgehead atoms. The van der Waals surface area contributed by atoms with Crippen molar-refractivity contribution in [2.45, 2.75) is 27.2 Å². The molecule has 0 aliphatic rings. The van der Waals surface area contributed by atoms with Gasteiger partial charge in [0.25, 0.3) is 0 Å². The quantitative estimate of drug-likeness (QED) is 0.551. The summed E-state index contributed by atoms with van der Waals surface area (Å²) >= 11 is 0. The molecule has 0 radical (unpaired) electrons. The maximum atomic E-state index is 12.2. The van der Waals surface area contributed by atoms with E-state index >= 15 is 0 Å². The number of anilines is 1. The van der Waals surface area contributed by atoms with E-state index in [2.05, 4.69) is 19.2 Å². The summed E-state index contributed by atoms with van der Waals surface area (Å²) in [5.74, 6) is 0.465. The molecule has 0 aliphatic carbocycles. The fourth-order valence-corrected chi connectivity index (χ4v) is 1.81. The summed E-state index contributed by atoms with van der Waals surface area (Å²) in [4.78, 5) is 13.9. The number of carbonyl (C=O) groups is 1. The third-order valence-electron chi connectivity index (χ3n) is 2.83. The topological polar surface area (TPSA) is 82.2 Å². The molecular formula is C15H24N4O. The largest absolute Gasteiger partial charge is 0.388 e.